The van der Waals surface area contributed by atoms with Gasteiger partial charge < -0.3 is 9.88 Å². The molecule has 2 rings (SSSR count). The summed E-state index contributed by atoms with van der Waals surface area (Å²) in [6.07, 6.45) is 7.51. The van der Waals surface area contributed by atoms with E-state index in [0.29, 0.717) is 11.9 Å². The normalized spacial score (nSPS) is 17.4. The lowest BCUT2D eigenvalue weighted by atomic mass is 9.94. The van der Waals surface area contributed by atoms with Gasteiger partial charge in [0.1, 0.15) is 5.02 Å². The Morgan fingerprint density at radius 1 is 1.44 bits per heavy atom. The highest BCUT2D eigenvalue weighted by atomic mass is 35.5. The molecular weight excluding hydrogens is 226 g/mol. The van der Waals surface area contributed by atoms with Gasteiger partial charge in [0.2, 0.25) is 0 Å². The van der Waals surface area contributed by atoms with Crippen molar-refractivity contribution in [2.24, 2.45) is 0 Å². The quantitative estimate of drug-likeness (QED) is 0.864. The minimum Gasteiger partial charge on any atom is -0.355 e. The van der Waals surface area contributed by atoms with Crippen LogP contribution in [0.15, 0.2) is 11.1 Å². The van der Waals surface area contributed by atoms with E-state index >= 15 is 0 Å². The van der Waals surface area contributed by atoms with Crippen LogP contribution in [0, 0.1) is 0 Å². The molecule has 1 aromatic rings. The molecule has 0 unspecified atom stereocenters. The summed E-state index contributed by atoms with van der Waals surface area (Å²) in [5.41, 5.74) is -0.269. The number of hydrogen-bond donors (Lipinski definition) is 1. The summed E-state index contributed by atoms with van der Waals surface area (Å²) < 4.78 is 0. The number of nitrogens with zero attached hydrogens (tertiary/aromatic N) is 2. The first-order valence-corrected chi connectivity index (χ1v) is 6.04. The van der Waals surface area contributed by atoms with Gasteiger partial charge in [-0.3, -0.25) is 4.79 Å². The fourth-order valence-corrected chi connectivity index (χ4v) is 2.50. The monoisotopic (exact) mass is 241 g/mol. The Labute approximate surface area is 99.6 Å². The number of hydrogen-bond acceptors (Lipinski definition) is 3. The van der Waals surface area contributed by atoms with E-state index in [2.05, 4.69) is 9.97 Å². The van der Waals surface area contributed by atoms with Crippen molar-refractivity contribution in [3.8, 4) is 0 Å². The maximum Gasteiger partial charge on any atom is 0.271 e. The number of halogens is 1. The van der Waals surface area contributed by atoms with Crippen molar-refractivity contribution < 1.29 is 0 Å². The third-order valence-electron chi connectivity index (χ3n) is 3.23. The molecular formula is C11H16ClN3O. The van der Waals surface area contributed by atoms with Gasteiger partial charge in [-0.05, 0) is 12.8 Å². The van der Waals surface area contributed by atoms with Crippen molar-refractivity contribution in [3.05, 3.63) is 21.7 Å². The van der Waals surface area contributed by atoms with E-state index in [9.17, 15) is 4.79 Å². The Balaban J connectivity index is 2.22. The zero-order valence-electron chi connectivity index (χ0n) is 9.37. The van der Waals surface area contributed by atoms with Gasteiger partial charge in [0.05, 0.1) is 6.33 Å². The molecule has 0 atom stereocenters. The summed E-state index contributed by atoms with van der Waals surface area (Å²) in [5, 5.41) is 0.190. The summed E-state index contributed by atoms with van der Waals surface area (Å²) in [4.78, 5) is 20.0. The van der Waals surface area contributed by atoms with Crippen LogP contribution in [0.25, 0.3) is 0 Å². The fraction of sp³-hybridized carbons (Fsp3) is 0.636. The Hall–Kier alpha value is -1.03. The molecule has 0 bridgehead atoms. The second kappa shape index (κ2) is 4.87. The number of aromatic nitrogens is 2. The predicted octanol–water partition coefficient (Wildman–Crippen LogP) is 2.19. The van der Waals surface area contributed by atoms with Gasteiger partial charge in [0.25, 0.3) is 5.56 Å². The van der Waals surface area contributed by atoms with Crippen LogP contribution in [-0.4, -0.2) is 23.1 Å². The maximum atomic E-state index is 11.4. The lowest BCUT2D eigenvalue weighted by Crippen LogP contribution is -2.35. The van der Waals surface area contributed by atoms with Gasteiger partial charge in [0, 0.05) is 13.1 Å². The lowest BCUT2D eigenvalue weighted by Gasteiger charge is -2.32. The van der Waals surface area contributed by atoms with Crippen LogP contribution in [0.4, 0.5) is 5.82 Å². The molecule has 1 N–H and O–H groups in total. The van der Waals surface area contributed by atoms with Gasteiger partial charge in [-0.1, -0.05) is 30.9 Å². The smallest absolute Gasteiger partial charge is 0.271 e. The first kappa shape index (κ1) is 11.5. The molecule has 0 radical (unpaired) electrons. The number of anilines is 1. The molecule has 0 spiro atoms. The predicted molar refractivity (Wildman–Crippen MR) is 65.1 cm³/mol. The Morgan fingerprint density at radius 2 is 2.12 bits per heavy atom. The molecule has 1 fully saturated rings. The van der Waals surface area contributed by atoms with Crippen molar-refractivity contribution in [3.63, 3.8) is 0 Å². The van der Waals surface area contributed by atoms with Crippen LogP contribution in [0.1, 0.15) is 32.1 Å². The van der Waals surface area contributed by atoms with E-state index in [1.807, 2.05) is 11.9 Å². The Bertz CT molecular complexity index is 412. The molecule has 1 aliphatic carbocycles. The SMILES string of the molecule is CN(c1nc[nH]c(=O)c1Cl)C1CCCCC1. The summed E-state index contributed by atoms with van der Waals surface area (Å²) in [5.74, 6) is 0.595. The summed E-state index contributed by atoms with van der Waals surface area (Å²) >= 11 is 5.96. The molecule has 0 aliphatic heterocycles. The van der Waals surface area contributed by atoms with Crippen molar-refractivity contribution in [2.45, 2.75) is 38.1 Å². The Kier molecular flexibility index (Phi) is 3.49. The summed E-state index contributed by atoms with van der Waals surface area (Å²) in [6, 6.07) is 0.459. The average molecular weight is 242 g/mol. The first-order chi connectivity index (χ1) is 7.70. The fourth-order valence-electron chi connectivity index (χ4n) is 2.26. The van der Waals surface area contributed by atoms with Gasteiger partial charge in [-0.2, -0.15) is 0 Å². The van der Waals surface area contributed by atoms with Crippen LogP contribution in [-0.2, 0) is 0 Å². The topological polar surface area (TPSA) is 49.0 Å². The highest BCUT2D eigenvalue weighted by Gasteiger charge is 2.21. The molecule has 4 nitrogen and oxygen atoms in total. The van der Waals surface area contributed by atoms with Gasteiger partial charge >= 0.3 is 0 Å². The highest BCUT2D eigenvalue weighted by Crippen LogP contribution is 2.27. The van der Waals surface area contributed by atoms with Gasteiger partial charge in [-0.25, -0.2) is 4.98 Å². The van der Waals surface area contributed by atoms with Crippen molar-refractivity contribution in [1.82, 2.24) is 9.97 Å². The van der Waals surface area contributed by atoms with Crippen molar-refractivity contribution in [1.29, 1.82) is 0 Å². The third-order valence-corrected chi connectivity index (χ3v) is 3.58. The maximum absolute atomic E-state index is 11.4. The summed E-state index contributed by atoms with van der Waals surface area (Å²) in [6.45, 7) is 0. The van der Waals surface area contributed by atoms with Crippen molar-refractivity contribution >= 4 is 17.4 Å². The molecule has 16 heavy (non-hydrogen) atoms. The molecule has 1 heterocycles. The minimum absolute atomic E-state index is 0.190. The van der Waals surface area contributed by atoms with Crippen LogP contribution < -0.4 is 10.5 Å². The molecule has 1 saturated carbocycles. The van der Waals surface area contributed by atoms with E-state index in [0.717, 1.165) is 12.8 Å². The second-order valence-electron chi connectivity index (χ2n) is 4.27. The largest absolute Gasteiger partial charge is 0.355 e. The molecule has 88 valence electrons. The van der Waals surface area contributed by atoms with Crippen LogP contribution in [0.3, 0.4) is 0 Å². The molecule has 1 aliphatic rings. The standard InChI is InChI=1S/C11H16ClN3O/c1-15(8-5-3-2-4-6-8)10-9(12)11(16)14-7-13-10/h7-8H,2-6H2,1H3,(H,13,14,16). The highest BCUT2D eigenvalue weighted by molar-refractivity contribution is 6.32. The number of H-pyrrole nitrogens is 1. The van der Waals surface area contributed by atoms with E-state index in [-0.39, 0.29) is 10.6 Å². The van der Waals surface area contributed by atoms with E-state index in [4.69, 9.17) is 11.6 Å². The minimum atomic E-state index is -0.269. The van der Waals surface area contributed by atoms with E-state index < -0.39 is 0 Å². The zero-order valence-corrected chi connectivity index (χ0v) is 10.1. The number of nitrogens with one attached hydrogen (secondary N) is 1. The van der Waals surface area contributed by atoms with E-state index in [1.165, 1.54) is 25.6 Å². The van der Waals surface area contributed by atoms with Crippen LogP contribution in [0.5, 0.6) is 0 Å². The van der Waals surface area contributed by atoms with Crippen molar-refractivity contribution in [2.75, 3.05) is 11.9 Å². The molecule has 0 amide bonds. The van der Waals surface area contributed by atoms with Gasteiger partial charge in [0.15, 0.2) is 5.82 Å². The van der Waals surface area contributed by atoms with E-state index in [1.54, 1.807) is 0 Å². The molecule has 5 heteroatoms. The summed E-state index contributed by atoms with van der Waals surface area (Å²) in [7, 11) is 1.96. The lowest BCUT2D eigenvalue weighted by molar-refractivity contribution is 0.426. The zero-order chi connectivity index (χ0) is 11.5. The average Bonchev–Trinajstić information content (AvgIpc) is 2.33. The number of rotatable bonds is 2. The molecule has 1 aromatic heterocycles. The first-order valence-electron chi connectivity index (χ1n) is 5.66. The Morgan fingerprint density at radius 3 is 2.81 bits per heavy atom. The van der Waals surface area contributed by atoms with Gasteiger partial charge in [-0.15, -0.1) is 0 Å². The number of aromatic amines is 1. The molecule has 0 aromatic carbocycles. The third kappa shape index (κ3) is 2.21. The molecule has 0 saturated heterocycles. The van der Waals surface area contributed by atoms with Crippen LogP contribution >= 0.6 is 11.6 Å². The van der Waals surface area contributed by atoms with Crippen LogP contribution in [0.2, 0.25) is 5.02 Å². The second-order valence-corrected chi connectivity index (χ2v) is 4.65.